The minimum absolute atomic E-state index is 0.0851. The van der Waals surface area contributed by atoms with Gasteiger partial charge in [0.2, 0.25) is 0 Å². The van der Waals surface area contributed by atoms with E-state index >= 15 is 0 Å². The number of aliphatic hydroxyl groups excluding tert-OH is 2. The number of carbonyl (C=O) groups excluding carboxylic acids is 2. The largest absolute Gasteiger partial charge is 0.468 e. The molecule has 0 bridgehead atoms. The van der Waals surface area contributed by atoms with Crippen LogP contribution in [0.5, 0.6) is 0 Å². The smallest absolute Gasteiger partial charge is 0.321 e. The number of rotatable bonds is 9. The second kappa shape index (κ2) is 12.8. The number of esters is 2. The zero-order valence-electron chi connectivity index (χ0n) is 21.3. The molecule has 40 heavy (non-hydrogen) atoms. The lowest BCUT2D eigenvalue weighted by Gasteiger charge is -2.45. The maximum Gasteiger partial charge on any atom is 0.321 e. The molecule has 14 heteroatoms. The van der Waals surface area contributed by atoms with Crippen molar-refractivity contribution in [2.45, 2.75) is 48.4 Å². The number of hydrogen-bond donors (Lipinski definition) is 2. The molecule has 3 unspecified atom stereocenters. The molecular formula is C26H26F3N3O7S. The molecule has 2 N–H and O–H groups in total. The lowest BCUT2D eigenvalue weighted by molar-refractivity contribution is -0.219. The van der Waals surface area contributed by atoms with Crippen molar-refractivity contribution in [1.29, 1.82) is 0 Å². The Labute approximate surface area is 231 Å². The first-order valence-electron chi connectivity index (χ1n) is 12.1. The fraction of sp³-hybridized carbons (Fsp3) is 0.385. The van der Waals surface area contributed by atoms with Gasteiger partial charge in [-0.3, -0.25) is 9.59 Å². The quantitative estimate of drug-likeness (QED) is 0.287. The summed E-state index contributed by atoms with van der Waals surface area (Å²) in [5.41, 5.74) is 0.656. The first-order chi connectivity index (χ1) is 19.1. The molecule has 2 heterocycles. The summed E-state index contributed by atoms with van der Waals surface area (Å²) in [7, 11) is 1.18. The van der Waals surface area contributed by atoms with E-state index < -0.39 is 71.7 Å². The van der Waals surface area contributed by atoms with E-state index in [-0.39, 0.29) is 11.3 Å². The van der Waals surface area contributed by atoms with Crippen LogP contribution in [0.3, 0.4) is 0 Å². The number of halogens is 3. The third kappa shape index (κ3) is 6.30. The van der Waals surface area contributed by atoms with Crippen LogP contribution in [-0.2, 0) is 29.6 Å². The molecule has 6 atom stereocenters. The number of aliphatic hydroxyl groups is 2. The van der Waals surface area contributed by atoms with E-state index in [1.54, 1.807) is 0 Å². The molecule has 1 aliphatic heterocycles. The molecule has 3 aromatic rings. The number of ether oxygens (including phenoxy) is 3. The lowest BCUT2D eigenvalue weighted by Crippen LogP contribution is -2.61. The maximum atomic E-state index is 13.8. The second-order valence-electron chi connectivity index (χ2n) is 8.95. The van der Waals surface area contributed by atoms with Crippen molar-refractivity contribution in [3.8, 4) is 11.3 Å². The average molecular weight is 582 g/mol. The van der Waals surface area contributed by atoms with Gasteiger partial charge in [-0.25, -0.2) is 17.9 Å². The van der Waals surface area contributed by atoms with Crippen molar-refractivity contribution in [2.24, 2.45) is 0 Å². The Morgan fingerprint density at radius 1 is 1.18 bits per heavy atom. The first kappa shape index (κ1) is 29.5. The Morgan fingerprint density at radius 3 is 2.45 bits per heavy atom. The number of benzene rings is 2. The van der Waals surface area contributed by atoms with Gasteiger partial charge in [-0.05, 0) is 17.7 Å². The van der Waals surface area contributed by atoms with Crippen LogP contribution in [0.25, 0.3) is 11.3 Å². The third-order valence-corrected chi connectivity index (χ3v) is 7.62. The molecule has 2 aromatic carbocycles. The van der Waals surface area contributed by atoms with E-state index in [1.165, 1.54) is 13.3 Å². The highest BCUT2D eigenvalue weighted by Crippen LogP contribution is 2.38. The fourth-order valence-corrected chi connectivity index (χ4v) is 5.64. The zero-order chi connectivity index (χ0) is 29.0. The molecule has 0 aliphatic carbocycles. The minimum atomic E-state index is -1.65. The molecule has 4 rings (SSSR count). The highest BCUT2D eigenvalue weighted by atomic mass is 32.2. The summed E-state index contributed by atoms with van der Waals surface area (Å²) in [6.07, 6.45) is -4.15. The third-order valence-electron chi connectivity index (χ3n) is 6.30. The number of carbonyl (C=O) groups is 2. The van der Waals surface area contributed by atoms with Gasteiger partial charge in [-0.1, -0.05) is 35.5 Å². The van der Waals surface area contributed by atoms with Gasteiger partial charge in [-0.2, -0.15) is 0 Å². The zero-order valence-corrected chi connectivity index (χ0v) is 22.1. The fourth-order valence-electron chi connectivity index (χ4n) is 4.43. The minimum Gasteiger partial charge on any atom is -0.468 e. The van der Waals surface area contributed by atoms with Gasteiger partial charge in [0.25, 0.3) is 0 Å². The normalized spacial score (nSPS) is 23.4. The van der Waals surface area contributed by atoms with Crippen LogP contribution in [0.1, 0.15) is 18.5 Å². The first-order valence-corrected chi connectivity index (χ1v) is 13.1. The SMILES string of the molecule is COC(=O)[C@@H](SCc1ccccc1)[C@@H]1OC(CO)[C@H](O)C(n2cc(-c3cc(F)c(F)c(F)c3)nn2)C1OC(C)=O. The number of thioether (sulfide) groups is 1. The topological polar surface area (TPSA) is 133 Å². The average Bonchev–Trinajstić information content (AvgIpc) is 3.42. The summed E-state index contributed by atoms with van der Waals surface area (Å²) in [6.45, 7) is 0.452. The van der Waals surface area contributed by atoms with Crippen molar-refractivity contribution >= 4 is 23.7 Å². The lowest BCUT2D eigenvalue weighted by atomic mass is 9.90. The van der Waals surface area contributed by atoms with E-state index in [2.05, 4.69) is 10.3 Å². The highest BCUT2D eigenvalue weighted by molar-refractivity contribution is 7.99. The van der Waals surface area contributed by atoms with Crippen molar-refractivity contribution in [1.82, 2.24) is 15.0 Å². The summed E-state index contributed by atoms with van der Waals surface area (Å²) in [5.74, 6) is -5.65. The van der Waals surface area contributed by atoms with Gasteiger partial charge in [0.15, 0.2) is 23.6 Å². The summed E-state index contributed by atoms with van der Waals surface area (Å²) in [6, 6.07) is 9.40. The summed E-state index contributed by atoms with van der Waals surface area (Å²) >= 11 is 1.14. The highest BCUT2D eigenvalue weighted by Gasteiger charge is 2.53. The predicted octanol–water partition coefficient (Wildman–Crippen LogP) is 2.43. The molecule has 1 fully saturated rings. The van der Waals surface area contributed by atoms with Gasteiger partial charge in [0.1, 0.15) is 35.3 Å². The van der Waals surface area contributed by atoms with Crippen molar-refractivity contribution in [3.05, 3.63) is 71.7 Å². The number of hydrogen-bond acceptors (Lipinski definition) is 10. The van der Waals surface area contributed by atoms with Gasteiger partial charge in [0.05, 0.1) is 19.9 Å². The second-order valence-corrected chi connectivity index (χ2v) is 10.1. The van der Waals surface area contributed by atoms with Gasteiger partial charge in [-0.15, -0.1) is 16.9 Å². The Balaban J connectivity index is 1.73. The van der Waals surface area contributed by atoms with Crippen LogP contribution in [0, 0.1) is 17.5 Å². The summed E-state index contributed by atoms with van der Waals surface area (Å²) in [4.78, 5) is 25.1. The van der Waals surface area contributed by atoms with E-state index in [0.29, 0.717) is 5.75 Å². The van der Waals surface area contributed by atoms with Crippen LogP contribution in [0.15, 0.2) is 48.7 Å². The molecule has 0 radical (unpaired) electrons. The standard InChI is InChI=1S/C26H26F3N3O7S/c1-13(34)38-23-21(32-10-18(30-31-32)15-8-16(27)20(29)17(28)9-15)22(35)19(11-33)39-24(23)25(26(36)37-2)40-12-14-6-4-3-5-7-14/h3-10,19,21-25,33,35H,11-12H2,1-2H3/t19?,21?,22-,23?,24+,25-/m0/s1. The van der Waals surface area contributed by atoms with Crippen molar-refractivity contribution in [3.63, 3.8) is 0 Å². The van der Waals surface area contributed by atoms with Crippen LogP contribution in [0.2, 0.25) is 0 Å². The van der Waals surface area contributed by atoms with E-state index in [9.17, 15) is 33.0 Å². The Hall–Kier alpha value is -3.46. The van der Waals surface area contributed by atoms with Gasteiger partial charge >= 0.3 is 11.9 Å². The van der Waals surface area contributed by atoms with Gasteiger partial charge in [0, 0.05) is 18.2 Å². The molecule has 10 nitrogen and oxygen atoms in total. The molecule has 214 valence electrons. The van der Waals surface area contributed by atoms with E-state index in [0.717, 1.165) is 41.1 Å². The summed E-state index contributed by atoms with van der Waals surface area (Å²) in [5, 5.41) is 27.8. The van der Waals surface area contributed by atoms with Crippen LogP contribution < -0.4 is 0 Å². The Morgan fingerprint density at radius 2 is 1.85 bits per heavy atom. The monoisotopic (exact) mass is 581 g/mol. The predicted molar refractivity (Wildman–Crippen MR) is 135 cm³/mol. The van der Waals surface area contributed by atoms with Crippen molar-refractivity contribution < 1.29 is 47.2 Å². The van der Waals surface area contributed by atoms with Crippen molar-refractivity contribution in [2.75, 3.05) is 13.7 Å². The maximum absolute atomic E-state index is 13.8. The molecule has 1 aliphatic rings. The number of nitrogens with zero attached hydrogens (tertiary/aromatic N) is 3. The van der Waals surface area contributed by atoms with E-state index in [4.69, 9.17) is 14.2 Å². The Bertz CT molecular complexity index is 1320. The molecule has 1 aromatic heterocycles. The van der Waals surface area contributed by atoms with Crippen LogP contribution >= 0.6 is 11.8 Å². The van der Waals surface area contributed by atoms with Gasteiger partial charge < -0.3 is 24.4 Å². The molecule has 0 saturated carbocycles. The number of aromatic nitrogens is 3. The summed E-state index contributed by atoms with van der Waals surface area (Å²) < 4.78 is 58.7. The van der Waals surface area contributed by atoms with E-state index in [1.807, 2.05) is 30.3 Å². The molecule has 0 spiro atoms. The van der Waals surface area contributed by atoms with Crippen LogP contribution in [-0.4, -0.2) is 80.5 Å². The number of methoxy groups -OCH3 is 1. The van der Waals surface area contributed by atoms with Crippen LogP contribution in [0.4, 0.5) is 13.2 Å². The molecule has 1 saturated heterocycles. The molecular weight excluding hydrogens is 555 g/mol. The molecule has 0 amide bonds. The Kier molecular flexibility index (Phi) is 9.45.